The van der Waals surface area contributed by atoms with Gasteiger partial charge in [-0.15, -0.1) is 0 Å². The molecule has 1 aromatic rings. The van der Waals surface area contributed by atoms with Crippen LogP contribution in [-0.2, 0) is 14.3 Å². The Morgan fingerprint density at radius 3 is 2.70 bits per heavy atom. The molecule has 1 aliphatic rings. The fourth-order valence-corrected chi connectivity index (χ4v) is 2.24. The van der Waals surface area contributed by atoms with Gasteiger partial charge in [-0.2, -0.15) is 0 Å². The van der Waals surface area contributed by atoms with E-state index in [0.29, 0.717) is 19.6 Å². The number of rotatable bonds is 8. The molecule has 23 heavy (non-hydrogen) atoms. The topological polar surface area (TPSA) is 96.5 Å². The lowest BCUT2D eigenvalue weighted by atomic mass is 10.1. The van der Waals surface area contributed by atoms with Gasteiger partial charge in [0.05, 0.1) is 12.5 Å². The predicted molar refractivity (Wildman–Crippen MR) is 83.5 cm³/mol. The molecule has 4 amide bonds. The smallest absolute Gasteiger partial charge is 0.322 e. The molecule has 0 spiro atoms. The van der Waals surface area contributed by atoms with Crippen molar-refractivity contribution in [2.45, 2.75) is 31.9 Å². The molecule has 0 saturated carbocycles. The number of hydrogen-bond donors (Lipinski definition) is 3. The van der Waals surface area contributed by atoms with Gasteiger partial charge in [0.2, 0.25) is 5.91 Å². The Hall–Kier alpha value is -2.41. The number of benzene rings is 1. The van der Waals surface area contributed by atoms with Crippen LogP contribution in [0.2, 0.25) is 0 Å². The molecule has 2 unspecified atom stereocenters. The fraction of sp³-hybridized carbons (Fsp3) is 0.438. The van der Waals surface area contributed by atoms with E-state index >= 15 is 0 Å². The van der Waals surface area contributed by atoms with Gasteiger partial charge in [0, 0.05) is 13.2 Å². The first-order valence-electron chi connectivity index (χ1n) is 7.61. The van der Waals surface area contributed by atoms with E-state index in [1.807, 2.05) is 37.3 Å². The molecular formula is C16H21N3O4. The van der Waals surface area contributed by atoms with Crippen LogP contribution in [0.3, 0.4) is 0 Å². The zero-order chi connectivity index (χ0) is 16.7. The lowest BCUT2D eigenvalue weighted by Gasteiger charge is -2.13. The SMILES string of the molecule is CC(OCCCNC(=O)CC1NC(=O)NC1=O)c1ccccc1. The van der Waals surface area contributed by atoms with Crippen molar-refractivity contribution >= 4 is 17.8 Å². The van der Waals surface area contributed by atoms with Crippen molar-refractivity contribution < 1.29 is 19.1 Å². The summed E-state index contributed by atoms with van der Waals surface area (Å²) in [5.41, 5.74) is 1.11. The van der Waals surface area contributed by atoms with E-state index in [1.54, 1.807) is 0 Å². The number of carbonyl (C=O) groups excluding carboxylic acids is 3. The standard InChI is InChI=1S/C16H21N3O4/c1-11(12-6-3-2-4-7-12)23-9-5-8-17-14(20)10-13-15(21)19-16(22)18-13/h2-4,6-7,11,13H,5,8-10H2,1H3,(H,17,20)(H2,18,19,21,22). The second-order valence-electron chi connectivity index (χ2n) is 5.35. The molecule has 0 aromatic heterocycles. The van der Waals surface area contributed by atoms with Crippen LogP contribution in [0.1, 0.15) is 31.4 Å². The van der Waals surface area contributed by atoms with Crippen molar-refractivity contribution in [1.82, 2.24) is 16.0 Å². The first-order chi connectivity index (χ1) is 11.1. The third-order valence-corrected chi connectivity index (χ3v) is 3.53. The molecule has 7 heteroatoms. The summed E-state index contributed by atoms with van der Waals surface area (Å²) in [6.07, 6.45) is 0.620. The summed E-state index contributed by atoms with van der Waals surface area (Å²) in [7, 11) is 0. The summed E-state index contributed by atoms with van der Waals surface area (Å²) in [4.78, 5) is 33.9. The van der Waals surface area contributed by atoms with E-state index in [1.165, 1.54) is 0 Å². The Balaban J connectivity index is 1.57. The van der Waals surface area contributed by atoms with Gasteiger partial charge < -0.3 is 15.4 Å². The number of urea groups is 1. The lowest BCUT2D eigenvalue weighted by Crippen LogP contribution is -2.36. The van der Waals surface area contributed by atoms with Crippen LogP contribution >= 0.6 is 0 Å². The van der Waals surface area contributed by atoms with Crippen molar-refractivity contribution in [3.05, 3.63) is 35.9 Å². The molecule has 1 saturated heterocycles. The zero-order valence-electron chi connectivity index (χ0n) is 13.0. The van der Waals surface area contributed by atoms with Gasteiger partial charge >= 0.3 is 6.03 Å². The third-order valence-electron chi connectivity index (χ3n) is 3.53. The number of hydrogen-bond acceptors (Lipinski definition) is 4. The molecule has 3 N–H and O–H groups in total. The minimum absolute atomic E-state index is 0.00398. The fourth-order valence-electron chi connectivity index (χ4n) is 2.24. The molecule has 124 valence electrons. The average molecular weight is 319 g/mol. The lowest BCUT2D eigenvalue weighted by molar-refractivity contribution is -0.126. The normalized spacial score (nSPS) is 18.2. The van der Waals surface area contributed by atoms with Crippen LogP contribution in [0.4, 0.5) is 4.79 Å². The van der Waals surface area contributed by atoms with Crippen molar-refractivity contribution in [1.29, 1.82) is 0 Å². The molecule has 7 nitrogen and oxygen atoms in total. The Morgan fingerprint density at radius 2 is 2.04 bits per heavy atom. The van der Waals surface area contributed by atoms with Gasteiger partial charge in [-0.3, -0.25) is 14.9 Å². The summed E-state index contributed by atoms with van der Waals surface area (Å²) in [5.74, 6) is -0.742. The average Bonchev–Trinajstić information content (AvgIpc) is 2.85. The molecule has 1 fully saturated rings. The Kier molecular flexibility index (Phi) is 6.10. The number of nitrogens with one attached hydrogen (secondary N) is 3. The van der Waals surface area contributed by atoms with Crippen molar-refractivity contribution in [2.75, 3.05) is 13.2 Å². The van der Waals surface area contributed by atoms with Gasteiger partial charge in [0.25, 0.3) is 5.91 Å². The number of ether oxygens (including phenoxy) is 1. The zero-order valence-corrected chi connectivity index (χ0v) is 13.0. The summed E-state index contributed by atoms with van der Waals surface area (Å²) in [6, 6.07) is 8.56. The van der Waals surface area contributed by atoms with E-state index in [0.717, 1.165) is 5.56 Å². The Morgan fingerprint density at radius 1 is 1.30 bits per heavy atom. The van der Waals surface area contributed by atoms with E-state index in [4.69, 9.17) is 4.74 Å². The van der Waals surface area contributed by atoms with E-state index < -0.39 is 18.0 Å². The molecule has 1 aliphatic heterocycles. The quantitative estimate of drug-likeness (QED) is 0.489. The van der Waals surface area contributed by atoms with Gasteiger partial charge in [0.1, 0.15) is 6.04 Å². The molecule has 0 bridgehead atoms. The van der Waals surface area contributed by atoms with E-state index in [2.05, 4.69) is 16.0 Å². The van der Waals surface area contributed by atoms with Gasteiger partial charge in [0.15, 0.2) is 0 Å². The molecular weight excluding hydrogens is 298 g/mol. The highest BCUT2D eigenvalue weighted by Gasteiger charge is 2.30. The van der Waals surface area contributed by atoms with Crippen molar-refractivity contribution in [2.24, 2.45) is 0 Å². The highest BCUT2D eigenvalue weighted by atomic mass is 16.5. The summed E-state index contributed by atoms with van der Waals surface area (Å²) in [5, 5.41) is 7.18. The first kappa shape index (κ1) is 17.0. The van der Waals surface area contributed by atoms with Crippen molar-refractivity contribution in [3.63, 3.8) is 0 Å². The van der Waals surface area contributed by atoms with Crippen LogP contribution in [-0.4, -0.2) is 37.0 Å². The Bertz CT molecular complexity index is 562. The maximum absolute atomic E-state index is 11.7. The molecule has 0 radical (unpaired) electrons. The van der Waals surface area contributed by atoms with Gasteiger partial charge in [-0.1, -0.05) is 30.3 Å². The van der Waals surface area contributed by atoms with Crippen LogP contribution in [0.25, 0.3) is 0 Å². The highest BCUT2D eigenvalue weighted by Crippen LogP contribution is 2.15. The van der Waals surface area contributed by atoms with Crippen LogP contribution in [0.15, 0.2) is 30.3 Å². The minimum atomic E-state index is -0.781. The predicted octanol–water partition coefficient (Wildman–Crippen LogP) is 0.869. The third kappa shape index (κ3) is 5.37. The van der Waals surface area contributed by atoms with Gasteiger partial charge in [-0.05, 0) is 18.9 Å². The minimum Gasteiger partial charge on any atom is -0.374 e. The number of amides is 4. The number of carbonyl (C=O) groups is 3. The van der Waals surface area contributed by atoms with E-state index in [-0.39, 0.29) is 18.4 Å². The molecule has 0 aliphatic carbocycles. The largest absolute Gasteiger partial charge is 0.374 e. The second kappa shape index (κ2) is 8.28. The summed E-state index contributed by atoms with van der Waals surface area (Å²) >= 11 is 0. The first-order valence-corrected chi connectivity index (χ1v) is 7.61. The monoisotopic (exact) mass is 319 g/mol. The van der Waals surface area contributed by atoms with Crippen LogP contribution < -0.4 is 16.0 Å². The molecule has 1 aromatic carbocycles. The summed E-state index contributed by atoms with van der Waals surface area (Å²) < 4.78 is 5.70. The summed E-state index contributed by atoms with van der Waals surface area (Å²) in [6.45, 7) is 2.97. The van der Waals surface area contributed by atoms with Crippen LogP contribution in [0.5, 0.6) is 0 Å². The van der Waals surface area contributed by atoms with E-state index in [9.17, 15) is 14.4 Å². The van der Waals surface area contributed by atoms with Crippen molar-refractivity contribution in [3.8, 4) is 0 Å². The molecule has 1 heterocycles. The second-order valence-corrected chi connectivity index (χ2v) is 5.35. The molecule has 2 rings (SSSR count). The maximum Gasteiger partial charge on any atom is 0.322 e. The number of imide groups is 1. The maximum atomic E-state index is 11.7. The van der Waals surface area contributed by atoms with Gasteiger partial charge in [-0.25, -0.2) is 4.79 Å². The Labute approximate surface area is 134 Å². The highest BCUT2D eigenvalue weighted by molar-refractivity contribution is 6.05. The van der Waals surface area contributed by atoms with Crippen LogP contribution in [0, 0.1) is 0 Å². The molecule has 2 atom stereocenters.